The number of carboxylic acid groups (broad SMARTS) is 1. The van der Waals surface area contributed by atoms with E-state index in [1.807, 2.05) is 6.92 Å². The number of aliphatic carboxylic acids is 1. The highest BCUT2D eigenvalue weighted by atomic mass is 16.5. The van der Waals surface area contributed by atoms with Crippen LogP contribution in [0.2, 0.25) is 0 Å². The molecular weight excluding hydrogens is 260 g/mol. The normalized spacial score (nSPS) is 10.6. The van der Waals surface area contributed by atoms with Gasteiger partial charge >= 0.3 is 11.9 Å². The number of carboxylic acids is 1. The summed E-state index contributed by atoms with van der Waals surface area (Å²) in [6.45, 7) is 3.85. The van der Waals surface area contributed by atoms with Crippen molar-refractivity contribution in [3.8, 4) is 5.75 Å². The van der Waals surface area contributed by atoms with Crippen LogP contribution in [0.25, 0.3) is 6.08 Å². The highest BCUT2D eigenvalue weighted by Crippen LogP contribution is 2.24. The molecule has 1 N–H and O–H groups in total. The molecule has 0 atom stereocenters. The van der Waals surface area contributed by atoms with E-state index in [2.05, 4.69) is 0 Å². The number of hydrogen-bond acceptors (Lipinski definition) is 4. The predicted molar refractivity (Wildman–Crippen MR) is 74.7 cm³/mol. The molecule has 108 valence electrons. The van der Waals surface area contributed by atoms with Crippen molar-refractivity contribution in [3.63, 3.8) is 0 Å². The molecular formula is C15H18O5. The molecule has 5 heteroatoms. The maximum Gasteiger partial charge on any atom is 0.330 e. The monoisotopic (exact) mass is 278 g/mol. The van der Waals surface area contributed by atoms with Gasteiger partial charge in [0.15, 0.2) is 0 Å². The van der Waals surface area contributed by atoms with Crippen molar-refractivity contribution in [2.24, 2.45) is 0 Å². The van der Waals surface area contributed by atoms with Crippen LogP contribution < -0.4 is 4.74 Å². The first-order valence-electron chi connectivity index (χ1n) is 6.22. The molecule has 0 amide bonds. The molecule has 1 aromatic rings. The molecule has 0 aromatic heterocycles. The zero-order chi connectivity index (χ0) is 15.1. The quantitative estimate of drug-likeness (QED) is 0.638. The summed E-state index contributed by atoms with van der Waals surface area (Å²) in [5.41, 5.74) is 2.12. The lowest BCUT2D eigenvalue weighted by Crippen LogP contribution is -2.04. The SMILES string of the molecule is CCOC(=O)/C=C/c1c(C)cc(OC)cc1CC(=O)O. The second-order valence-electron chi connectivity index (χ2n) is 4.17. The van der Waals surface area contributed by atoms with Crippen LogP contribution in [0.4, 0.5) is 0 Å². The minimum atomic E-state index is -0.941. The van der Waals surface area contributed by atoms with Crippen LogP contribution in [0.1, 0.15) is 23.6 Å². The van der Waals surface area contributed by atoms with E-state index in [1.54, 1.807) is 25.1 Å². The van der Waals surface area contributed by atoms with Gasteiger partial charge < -0.3 is 14.6 Å². The van der Waals surface area contributed by atoms with E-state index in [4.69, 9.17) is 14.6 Å². The Bertz CT molecular complexity index is 531. The topological polar surface area (TPSA) is 72.8 Å². The number of benzene rings is 1. The lowest BCUT2D eigenvalue weighted by atomic mass is 9.98. The number of rotatable bonds is 6. The maximum atomic E-state index is 11.3. The number of carbonyl (C=O) groups is 2. The van der Waals surface area contributed by atoms with Gasteiger partial charge in [0, 0.05) is 6.08 Å². The fourth-order valence-electron chi connectivity index (χ4n) is 1.84. The van der Waals surface area contributed by atoms with Crippen LogP contribution in [-0.4, -0.2) is 30.8 Å². The Labute approximate surface area is 117 Å². The van der Waals surface area contributed by atoms with Crippen LogP contribution in [-0.2, 0) is 20.7 Å². The molecule has 0 saturated carbocycles. The molecule has 0 spiro atoms. The highest BCUT2D eigenvalue weighted by molar-refractivity contribution is 5.88. The lowest BCUT2D eigenvalue weighted by molar-refractivity contribution is -0.137. The lowest BCUT2D eigenvalue weighted by Gasteiger charge is -2.10. The van der Waals surface area contributed by atoms with Gasteiger partial charge in [-0.3, -0.25) is 4.79 Å². The predicted octanol–water partition coefficient (Wildman–Crippen LogP) is 2.21. The number of ether oxygens (including phenoxy) is 2. The summed E-state index contributed by atoms with van der Waals surface area (Å²) in [5.74, 6) is -0.806. The Morgan fingerprint density at radius 3 is 2.60 bits per heavy atom. The molecule has 5 nitrogen and oxygen atoms in total. The molecule has 0 aliphatic carbocycles. The van der Waals surface area contributed by atoms with Crippen LogP contribution in [0, 0.1) is 6.92 Å². The Morgan fingerprint density at radius 2 is 2.05 bits per heavy atom. The molecule has 0 aliphatic heterocycles. The number of carbonyl (C=O) groups excluding carboxylic acids is 1. The second kappa shape index (κ2) is 7.33. The minimum absolute atomic E-state index is 0.138. The van der Waals surface area contributed by atoms with Gasteiger partial charge in [0.2, 0.25) is 0 Å². The second-order valence-corrected chi connectivity index (χ2v) is 4.17. The number of methoxy groups -OCH3 is 1. The van der Waals surface area contributed by atoms with Crippen molar-refractivity contribution < 1.29 is 24.2 Å². The third-order valence-electron chi connectivity index (χ3n) is 2.70. The Balaban J connectivity index is 3.15. The van der Waals surface area contributed by atoms with Crippen molar-refractivity contribution in [1.29, 1.82) is 0 Å². The van der Waals surface area contributed by atoms with E-state index >= 15 is 0 Å². The molecule has 0 aliphatic rings. The average Bonchev–Trinajstić information content (AvgIpc) is 2.37. The highest BCUT2D eigenvalue weighted by Gasteiger charge is 2.10. The zero-order valence-electron chi connectivity index (χ0n) is 11.8. The summed E-state index contributed by atoms with van der Waals surface area (Å²) in [5, 5.41) is 8.95. The van der Waals surface area contributed by atoms with Gasteiger partial charge in [0.05, 0.1) is 20.1 Å². The zero-order valence-corrected chi connectivity index (χ0v) is 11.8. The molecule has 1 rings (SSSR count). The van der Waals surface area contributed by atoms with E-state index in [0.29, 0.717) is 23.5 Å². The maximum absolute atomic E-state index is 11.3. The van der Waals surface area contributed by atoms with Gasteiger partial charge in [-0.2, -0.15) is 0 Å². The average molecular weight is 278 g/mol. The van der Waals surface area contributed by atoms with Crippen molar-refractivity contribution in [1.82, 2.24) is 0 Å². The van der Waals surface area contributed by atoms with E-state index < -0.39 is 11.9 Å². The first kappa shape index (κ1) is 15.8. The molecule has 0 bridgehead atoms. The van der Waals surface area contributed by atoms with Gasteiger partial charge in [-0.05, 0) is 48.7 Å². The Hall–Kier alpha value is -2.30. The Morgan fingerprint density at radius 1 is 1.35 bits per heavy atom. The van der Waals surface area contributed by atoms with Crippen LogP contribution in [0.15, 0.2) is 18.2 Å². The van der Waals surface area contributed by atoms with Crippen LogP contribution in [0.3, 0.4) is 0 Å². The molecule has 0 radical (unpaired) electrons. The van der Waals surface area contributed by atoms with E-state index in [-0.39, 0.29) is 6.42 Å². The van der Waals surface area contributed by atoms with E-state index in [1.165, 1.54) is 13.2 Å². The summed E-state index contributed by atoms with van der Waals surface area (Å²) >= 11 is 0. The third-order valence-corrected chi connectivity index (χ3v) is 2.70. The summed E-state index contributed by atoms with van der Waals surface area (Å²) in [6.07, 6.45) is 2.73. The van der Waals surface area contributed by atoms with Gasteiger partial charge in [-0.1, -0.05) is 0 Å². The number of esters is 1. The smallest absolute Gasteiger partial charge is 0.330 e. The van der Waals surface area contributed by atoms with E-state index in [9.17, 15) is 9.59 Å². The minimum Gasteiger partial charge on any atom is -0.497 e. The fourth-order valence-corrected chi connectivity index (χ4v) is 1.84. The first-order chi connectivity index (χ1) is 9.47. The van der Waals surface area contributed by atoms with Crippen molar-refractivity contribution in [2.75, 3.05) is 13.7 Å². The Kier molecular flexibility index (Phi) is 5.77. The van der Waals surface area contributed by atoms with Gasteiger partial charge in [0.1, 0.15) is 5.75 Å². The van der Waals surface area contributed by atoms with Gasteiger partial charge in [-0.15, -0.1) is 0 Å². The largest absolute Gasteiger partial charge is 0.497 e. The molecule has 20 heavy (non-hydrogen) atoms. The third kappa shape index (κ3) is 4.42. The van der Waals surface area contributed by atoms with Crippen LogP contribution in [0.5, 0.6) is 5.75 Å². The molecule has 0 heterocycles. The fraction of sp³-hybridized carbons (Fsp3) is 0.333. The van der Waals surface area contributed by atoms with Gasteiger partial charge in [-0.25, -0.2) is 4.79 Å². The number of aryl methyl sites for hydroxylation is 1. The summed E-state index contributed by atoms with van der Waals surface area (Å²) < 4.78 is 9.93. The summed E-state index contributed by atoms with van der Waals surface area (Å²) in [6, 6.07) is 3.45. The molecule has 0 saturated heterocycles. The summed E-state index contributed by atoms with van der Waals surface area (Å²) in [7, 11) is 1.52. The van der Waals surface area contributed by atoms with Crippen LogP contribution >= 0.6 is 0 Å². The number of hydrogen-bond donors (Lipinski definition) is 1. The van der Waals surface area contributed by atoms with Crippen molar-refractivity contribution in [2.45, 2.75) is 20.3 Å². The molecule has 0 unspecified atom stereocenters. The van der Waals surface area contributed by atoms with Gasteiger partial charge in [0.25, 0.3) is 0 Å². The summed E-state index contributed by atoms with van der Waals surface area (Å²) in [4.78, 5) is 22.3. The van der Waals surface area contributed by atoms with E-state index in [0.717, 1.165) is 5.56 Å². The standard InChI is InChI=1S/C15H18O5/c1-4-20-15(18)6-5-13-10(2)7-12(19-3)8-11(13)9-14(16)17/h5-8H,4,9H2,1-3H3,(H,16,17)/b6-5+. The van der Waals surface area contributed by atoms with Crippen molar-refractivity contribution in [3.05, 3.63) is 34.9 Å². The molecule has 1 aromatic carbocycles. The molecule has 0 fully saturated rings. The van der Waals surface area contributed by atoms with Crippen molar-refractivity contribution >= 4 is 18.0 Å². The first-order valence-corrected chi connectivity index (χ1v) is 6.22.